The molecule has 0 spiro atoms. The molecule has 0 N–H and O–H groups in total. The fourth-order valence-corrected chi connectivity index (χ4v) is 9.78. The second kappa shape index (κ2) is 18.9. The average molecular weight is 907 g/mol. The highest BCUT2D eigenvalue weighted by Crippen LogP contribution is 2.32. The number of aromatic nitrogens is 3. The smallest absolute Gasteiger partial charge is 0.213 e. The Labute approximate surface area is 407 Å². The molecular formula is C64H48N3O3+3. The lowest BCUT2D eigenvalue weighted by atomic mass is 9.99. The van der Waals surface area contributed by atoms with Crippen LogP contribution in [0.15, 0.2) is 237 Å². The lowest BCUT2D eigenvalue weighted by Crippen LogP contribution is -2.33. The van der Waals surface area contributed by atoms with Gasteiger partial charge in [0.15, 0.2) is 55.6 Å². The Morgan fingerprint density at radius 2 is 0.686 bits per heavy atom. The normalized spacial score (nSPS) is 11.8. The predicted octanol–water partition coefficient (Wildman–Crippen LogP) is 11.7. The number of hydrogen-bond acceptors (Lipinski definition) is 3. The van der Waals surface area contributed by atoms with E-state index in [1.54, 1.807) is 0 Å². The highest BCUT2D eigenvalue weighted by molar-refractivity contribution is 6.10. The van der Waals surface area contributed by atoms with E-state index in [4.69, 9.17) is 0 Å². The van der Waals surface area contributed by atoms with Crippen LogP contribution in [0.3, 0.4) is 0 Å². The van der Waals surface area contributed by atoms with Crippen LogP contribution in [-0.2, 0) is 19.6 Å². The first kappa shape index (κ1) is 43.6. The third-order valence-electron chi connectivity index (χ3n) is 13.3. The van der Waals surface area contributed by atoms with Gasteiger partial charge in [0.2, 0.25) is 17.1 Å². The summed E-state index contributed by atoms with van der Waals surface area (Å²) >= 11 is 0. The summed E-state index contributed by atoms with van der Waals surface area (Å²) in [6.45, 7) is 4.57. The van der Waals surface area contributed by atoms with Gasteiger partial charge in [-0.3, -0.25) is 14.4 Å². The zero-order chi connectivity index (χ0) is 47.6. The molecule has 3 aliphatic rings. The molecule has 0 amide bonds. The van der Waals surface area contributed by atoms with Crippen molar-refractivity contribution in [2.24, 2.45) is 0 Å². The van der Waals surface area contributed by atoms with Crippen LogP contribution in [0.25, 0.3) is 44.9 Å². The third kappa shape index (κ3) is 8.70. The Morgan fingerprint density at radius 1 is 0.314 bits per heavy atom. The van der Waals surface area contributed by atoms with Crippen molar-refractivity contribution in [2.75, 3.05) is 0 Å². The number of fused-ring (bicyclic) bond motifs is 9. The van der Waals surface area contributed by atoms with Crippen molar-refractivity contribution < 1.29 is 28.1 Å². The van der Waals surface area contributed by atoms with Crippen LogP contribution in [-0.4, -0.2) is 17.3 Å². The fourth-order valence-electron chi connectivity index (χ4n) is 9.78. The number of carbonyl (C=O) groups excluding carboxylic acids is 3. The van der Waals surface area contributed by atoms with Crippen molar-refractivity contribution in [1.82, 2.24) is 0 Å². The molecule has 6 heteroatoms. The van der Waals surface area contributed by atoms with Crippen LogP contribution in [0.2, 0.25) is 0 Å². The van der Waals surface area contributed by atoms with Crippen LogP contribution in [0, 0.1) is 6.92 Å². The van der Waals surface area contributed by atoms with Crippen molar-refractivity contribution in [3.63, 3.8) is 0 Å². The number of benzene rings is 7. The Kier molecular flexibility index (Phi) is 11.8. The maximum atomic E-state index is 12.7. The first-order valence-electron chi connectivity index (χ1n) is 23.6. The number of ketones is 3. The van der Waals surface area contributed by atoms with Gasteiger partial charge in [0.25, 0.3) is 0 Å². The summed E-state index contributed by atoms with van der Waals surface area (Å²) < 4.78 is 6.50. The monoisotopic (exact) mass is 906 g/mol. The molecule has 0 aliphatic carbocycles. The SMILES string of the molecule is Cc1ccc2c(c1)C[n+]1cc(C(=O)c3ccccc3)ccc1-2.O=C(c1ccccc1)c1ccc2[n+](c1)Cc1cc(-c3ccccc3)ccc1-2.O=C(c1ccccc1)c1ccc2[n+](c1)Cc1ccccc1-2. The van der Waals surface area contributed by atoms with Gasteiger partial charge in [0.1, 0.15) is 0 Å². The summed E-state index contributed by atoms with van der Waals surface area (Å²) in [5.74, 6) is 0.205. The van der Waals surface area contributed by atoms with Crippen molar-refractivity contribution in [3.05, 3.63) is 293 Å². The number of nitrogens with zero attached hydrogens (tertiary/aromatic N) is 3. The van der Waals surface area contributed by atoms with E-state index < -0.39 is 0 Å². The van der Waals surface area contributed by atoms with E-state index in [9.17, 15) is 14.4 Å². The van der Waals surface area contributed by atoms with Gasteiger partial charge in [-0.15, -0.1) is 0 Å². The summed E-state index contributed by atoms with van der Waals surface area (Å²) in [5.41, 5.74) is 19.3. The molecule has 0 saturated heterocycles. The molecule has 3 aliphatic heterocycles. The Hall–Kier alpha value is -9.00. The molecule has 70 heavy (non-hydrogen) atoms. The zero-order valence-electron chi connectivity index (χ0n) is 38.7. The molecule has 0 fully saturated rings. The number of aryl methyl sites for hydroxylation is 1. The van der Waals surface area contributed by atoms with E-state index >= 15 is 0 Å². The summed E-state index contributed by atoms with van der Waals surface area (Å²) in [6, 6.07) is 72.2. The topological polar surface area (TPSA) is 62.9 Å². The standard InChI is InChI=1S/C25H18NO.C20H16NO.C19H14NO/c27-25(19-9-5-2-6-10-19)21-12-14-24-23-13-11-20(18-7-3-1-4-8-18)15-22(23)17-26(24)16-21;1-14-7-9-18-17(11-14)13-21-12-16(8-10-19(18)21)20(22)15-5-3-2-4-6-15;21-19(14-6-2-1-3-7-14)16-10-11-18-17-9-5-4-8-15(17)12-20(18)13-16/h1-16H,17H2;2-12H,13H2,1H3;1-11,13H,12H2/q3*+1. The maximum Gasteiger partial charge on any atom is 0.213 e. The third-order valence-corrected chi connectivity index (χ3v) is 13.3. The molecule has 0 saturated carbocycles. The molecule has 0 unspecified atom stereocenters. The van der Waals surface area contributed by atoms with Crippen molar-refractivity contribution >= 4 is 17.3 Å². The first-order chi connectivity index (χ1) is 34.3. The van der Waals surface area contributed by atoms with Crippen LogP contribution >= 0.6 is 0 Å². The molecule has 13 rings (SSSR count). The summed E-state index contributed by atoms with van der Waals surface area (Å²) in [7, 11) is 0. The minimum absolute atomic E-state index is 0.0619. The van der Waals surface area contributed by atoms with E-state index in [2.05, 4.69) is 118 Å². The highest BCUT2D eigenvalue weighted by atomic mass is 16.1. The minimum Gasteiger partial charge on any atom is -0.288 e. The molecule has 7 aromatic carbocycles. The number of rotatable bonds is 7. The first-order valence-corrected chi connectivity index (χ1v) is 23.6. The second-order valence-electron chi connectivity index (χ2n) is 17.9. The van der Waals surface area contributed by atoms with Crippen LogP contribution in [0.4, 0.5) is 0 Å². The molecule has 10 aromatic rings. The van der Waals surface area contributed by atoms with Gasteiger partial charge in [0, 0.05) is 51.6 Å². The second-order valence-corrected chi connectivity index (χ2v) is 17.9. The summed E-state index contributed by atoms with van der Waals surface area (Å²) in [4.78, 5) is 37.8. The van der Waals surface area contributed by atoms with Gasteiger partial charge in [-0.2, -0.15) is 13.7 Å². The predicted molar refractivity (Wildman–Crippen MR) is 273 cm³/mol. The fraction of sp³-hybridized carbons (Fsp3) is 0.0625. The minimum atomic E-state index is 0.0619. The molecular weight excluding hydrogens is 859 g/mol. The summed E-state index contributed by atoms with van der Waals surface area (Å²) in [6.07, 6.45) is 5.91. The van der Waals surface area contributed by atoms with Gasteiger partial charge in [0.05, 0.1) is 33.4 Å². The molecule has 0 atom stereocenters. The average Bonchev–Trinajstić information content (AvgIpc) is 4.11. The van der Waals surface area contributed by atoms with Crippen molar-refractivity contribution in [3.8, 4) is 44.9 Å². The van der Waals surface area contributed by atoms with Gasteiger partial charge < -0.3 is 0 Å². The Morgan fingerprint density at radius 3 is 1.16 bits per heavy atom. The molecule has 334 valence electrons. The van der Waals surface area contributed by atoms with Gasteiger partial charge in [-0.05, 0) is 66.6 Å². The maximum absolute atomic E-state index is 12.7. The molecule has 0 bridgehead atoms. The van der Waals surface area contributed by atoms with Crippen LogP contribution in [0.5, 0.6) is 0 Å². The molecule has 6 nitrogen and oxygen atoms in total. The number of hydrogen-bond donors (Lipinski definition) is 0. The van der Waals surface area contributed by atoms with Crippen molar-refractivity contribution in [1.29, 1.82) is 0 Å². The van der Waals surface area contributed by atoms with E-state index in [1.165, 1.54) is 61.5 Å². The quantitative estimate of drug-likeness (QED) is 0.118. The molecule has 3 aromatic heterocycles. The van der Waals surface area contributed by atoms with E-state index in [1.807, 2.05) is 140 Å². The molecule has 0 radical (unpaired) electrons. The highest BCUT2D eigenvalue weighted by Gasteiger charge is 2.30. The number of carbonyl (C=O) groups is 3. The van der Waals surface area contributed by atoms with E-state index in [0.29, 0.717) is 0 Å². The van der Waals surface area contributed by atoms with Crippen LogP contribution in [0.1, 0.15) is 70.0 Å². The van der Waals surface area contributed by atoms with Gasteiger partial charge in [-0.25, -0.2) is 0 Å². The molecule has 6 heterocycles. The zero-order valence-corrected chi connectivity index (χ0v) is 38.7. The lowest BCUT2D eigenvalue weighted by molar-refractivity contribution is -0.672. The Balaban J connectivity index is 0.000000115. The Bertz CT molecular complexity index is 3630. The van der Waals surface area contributed by atoms with E-state index in [-0.39, 0.29) is 17.3 Å². The van der Waals surface area contributed by atoms with E-state index in [0.717, 1.165) is 58.7 Å². The lowest BCUT2D eigenvalue weighted by Gasteiger charge is -2.02. The van der Waals surface area contributed by atoms with Gasteiger partial charge in [-0.1, -0.05) is 157 Å². The largest absolute Gasteiger partial charge is 0.288 e. The van der Waals surface area contributed by atoms with Crippen LogP contribution < -0.4 is 13.7 Å². The number of pyridine rings is 3. The van der Waals surface area contributed by atoms with Crippen molar-refractivity contribution in [2.45, 2.75) is 26.6 Å². The summed E-state index contributed by atoms with van der Waals surface area (Å²) in [5, 5.41) is 0. The van der Waals surface area contributed by atoms with Gasteiger partial charge >= 0.3 is 0 Å².